The predicted octanol–water partition coefficient (Wildman–Crippen LogP) is 2.00. The quantitative estimate of drug-likeness (QED) is 0.820. The molecule has 0 amide bonds. The average Bonchev–Trinajstić information content (AvgIpc) is 2.38. The molecule has 2 fully saturated rings. The molecule has 0 radical (unpaired) electrons. The summed E-state index contributed by atoms with van der Waals surface area (Å²) in [4.78, 5) is 2.63. The van der Waals surface area contributed by atoms with Gasteiger partial charge in [-0.05, 0) is 25.7 Å². The van der Waals surface area contributed by atoms with Crippen LogP contribution in [-0.4, -0.2) is 42.8 Å². The molecule has 2 rings (SSSR count). The minimum absolute atomic E-state index is 0.275. The fourth-order valence-corrected chi connectivity index (χ4v) is 3.66. The Kier molecular flexibility index (Phi) is 4.45. The highest BCUT2D eigenvalue weighted by atomic mass is 16.5. The molecule has 2 aliphatic rings. The molecule has 2 N–H and O–H groups in total. The molecule has 0 aromatic carbocycles. The van der Waals surface area contributed by atoms with Crippen molar-refractivity contribution in [2.45, 2.75) is 57.6 Å². The van der Waals surface area contributed by atoms with Crippen molar-refractivity contribution in [3.63, 3.8) is 0 Å². The molecule has 1 aliphatic heterocycles. The van der Waals surface area contributed by atoms with Crippen LogP contribution in [0.15, 0.2) is 0 Å². The van der Waals surface area contributed by atoms with Gasteiger partial charge in [-0.2, -0.15) is 0 Å². The topological polar surface area (TPSA) is 38.5 Å². The molecule has 0 aromatic rings. The Labute approximate surface area is 106 Å². The molecule has 0 bridgehead atoms. The van der Waals surface area contributed by atoms with Gasteiger partial charge in [0.25, 0.3) is 0 Å². The van der Waals surface area contributed by atoms with Gasteiger partial charge in [0.05, 0.1) is 12.7 Å². The van der Waals surface area contributed by atoms with E-state index in [-0.39, 0.29) is 5.54 Å². The predicted molar refractivity (Wildman–Crippen MR) is 71.0 cm³/mol. The summed E-state index contributed by atoms with van der Waals surface area (Å²) in [6, 6.07) is 0. The lowest BCUT2D eigenvalue weighted by atomic mass is 9.73. The largest absolute Gasteiger partial charge is 0.376 e. The molecule has 3 unspecified atom stereocenters. The second kappa shape index (κ2) is 5.68. The number of nitrogens with two attached hydrogens (primary N) is 1. The zero-order valence-corrected chi connectivity index (χ0v) is 11.5. The van der Waals surface area contributed by atoms with Crippen LogP contribution in [0.1, 0.15) is 46.0 Å². The number of hydrogen-bond donors (Lipinski definition) is 1. The van der Waals surface area contributed by atoms with Gasteiger partial charge in [-0.15, -0.1) is 0 Å². The summed E-state index contributed by atoms with van der Waals surface area (Å²) in [6.07, 6.45) is 7.01. The summed E-state index contributed by atoms with van der Waals surface area (Å²) in [6.45, 7) is 8.32. The van der Waals surface area contributed by atoms with E-state index in [0.717, 1.165) is 32.2 Å². The maximum atomic E-state index is 6.15. The first-order valence-corrected chi connectivity index (χ1v) is 7.27. The number of morpholine rings is 1. The molecule has 100 valence electrons. The van der Waals surface area contributed by atoms with Crippen LogP contribution in [0.5, 0.6) is 0 Å². The van der Waals surface area contributed by atoms with Crippen molar-refractivity contribution >= 4 is 0 Å². The van der Waals surface area contributed by atoms with Crippen molar-refractivity contribution in [1.82, 2.24) is 4.90 Å². The Balaban J connectivity index is 2.06. The minimum atomic E-state index is 0.275. The van der Waals surface area contributed by atoms with Gasteiger partial charge in [0.2, 0.25) is 0 Å². The van der Waals surface area contributed by atoms with E-state index in [2.05, 4.69) is 18.7 Å². The maximum absolute atomic E-state index is 6.15. The lowest BCUT2D eigenvalue weighted by Gasteiger charge is -2.50. The Morgan fingerprint density at radius 1 is 1.47 bits per heavy atom. The van der Waals surface area contributed by atoms with Gasteiger partial charge in [0, 0.05) is 25.2 Å². The monoisotopic (exact) mass is 240 g/mol. The fourth-order valence-electron chi connectivity index (χ4n) is 3.66. The van der Waals surface area contributed by atoms with E-state index in [0.29, 0.717) is 6.10 Å². The van der Waals surface area contributed by atoms with E-state index < -0.39 is 0 Å². The summed E-state index contributed by atoms with van der Waals surface area (Å²) in [5.41, 5.74) is 6.42. The summed E-state index contributed by atoms with van der Waals surface area (Å²) in [5.74, 6) is 0.880. The molecule has 1 heterocycles. The molecule has 1 saturated heterocycles. The first-order chi connectivity index (χ1) is 8.20. The van der Waals surface area contributed by atoms with Gasteiger partial charge in [-0.25, -0.2) is 0 Å². The highest BCUT2D eigenvalue weighted by Crippen LogP contribution is 2.38. The van der Waals surface area contributed by atoms with Crippen LogP contribution >= 0.6 is 0 Å². The first-order valence-electron chi connectivity index (χ1n) is 7.27. The Bertz CT molecular complexity index is 246. The van der Waals surface area contributed by atoms with E-state index in [1.54, 1.807) is 0 Å². The maximum Gasteiger partial charge on any atom is 0.0674 e. The molecule has 1 saturated carbocycles. The van der Waals surface area contributed by atoms with E-state index in [1.807, 2.05) is 0 Å². The molecule has 3 heteroatoms. The average molecular weight is 240 g/mol. The fraction of sp³-hybridized carbons (Fsp3) is 1.00. The molecule has 0 spiro atoms. The third-order valence-corrected chi connectivity index (χ3v) is 4.79. The first kappa shape index (κ1) is 13.3. The lowest BCUT2D eigenvalue weighted by Crippen LogP contribution is -2.60. The smallest absolute Gasteiger partial charge is 0.0674 e. The highest BCUT2D eigenvalue weighted by molar-refractivity contribution is 4.97. The van der Waals surface area contributed by atoms with Crippen LogP contribution in [0.25, 0.3) is 0 Å². The Hall–Kier alpha value is -0.120. The van der Waals surface area contributed by atoms with Crippen molar-refractivity contribution in [1.29, 1.82) is 0 Å². The van der Waals surface area contributed by atoms with Crippen molar-refractivity contribution in [3.8, 4) is 0 Å². The number of hydrogen-bond acceptors (Lipinski definition) is 3. The molecule has 3 atom stereocenters. The normalized spacial score (nSPS) is 40.4. The third kappa shape index (κ3) is 2.83. The summed E-state index contributed by atoms with van der Waals surface area (Å²) in [5, 5.41) is 0. The van der Waals surface area contributed by atoms with Crippen molar-refractivity contribution in [2.75, 3.05) is 26.2 Å². The van der Waals surface area contributed by atoms with Crippen LogP contribution in [0, 0.1) is 5.92 Å². The molecule has 17 heavy (non-hydrogen) atoms. The molecule has 0 aromatic heterocycles. The minimum Gasteiger partial charge on any atom is -0.376 e. The van der Waals surface area contributed by atoms with E-state index >= 15 is 0 Å². The summed E-state index contributed by atoms with van der Waals surface area (Å²) in [7, 11) is 0. The molecule has 1 aliphatic carbocycles. The number of ether oxygens (including phenoxy) is 1. The molecular formula is C14H28N2O. The Morgan fingerprint density at radius 2 is 2.29 bits per heavy atom. The highest BCUT2D eigenvalue weighted by Gasteiger charge is 2.41. The van der Waals surface area contributed by atoms with Gasteiger partial charge in [0.1, 0.15) is 0 Å². The van der Waals surface area contributed by atoms with Crippen LogP contribution in [0.2, 0.25) is 0 Å². The zero-order chi connectivity index (χ0) is 12.3. The van der Waals surface area contributed by atoms with Crippen LogP contribution < -0.4 is 5.73 Å². The SMILES string of the molecule is CCC1CCCC(CN)(N2CCOC(C)C2)C1. The Morgan fingerprint density at radius 3 is 2.94 bits per heavy atom. The van der Waals surface area contributed by atoms with Crippen molar-refractivity contribution in [3.05, 3.63) is 0 Å². The van der Waals surface area contributed by atoms with E-state index in [9.17, 15) is 0 Å². The molecular weight excluding hydrogens is 212 g/mol. The van der Waals surface area contributed by atoms with Crippen molar-refractivity contribution in [2.24, 2.45) is 11.7 Å². The summed E-state index contributed by atoms with van der Waals surface area (Å²) < 4.78 is 5.66. The van der Waals surface area contributed by atoms with Crippen LogP contribution in [0.3, 0.4) is 0 Å². The second-order valence-electron chi connectivity index (χ2n) is 5.93. The van der Waals surface area contributed by atoms with Gasteiger partial charge < -0.3 is 10.5 Å². The number of rotatable bonds is 3. The van der Waals surface area contributed by atoms with Crippen LogP contribution in [0.4, 0.5) is 0 Å². The van der Waals surface area contributed by atoms with Gasteiger partial charge in [-0.1, -0.05) is 26.2 Å². The summed E-state index contributed by atoms with van der Waals surface area (Å²) >= 11 is 0. The van der Waals surface area contributed by atoms with Gasteiger partial charge in [-0.3, -0.25) is 4.90 Å². The zero-order valence-electron chi connectivity index (χ0n) is 11.5. The lowest BCUT2D eigenvalue weighted by molar-refractivity contribution is -0.0761. The van der Waals surface area contributed by atoms with Crippen LogP contribution in [-0.2, 0) is 4.74 Å². The van der Waals surface area contributed by atoms with Crippen molar-refractivity contribution < 1.29 is 4.74 Å². The second-order valence-corrected chi connectivity index (χ2v) is 5.93. The molecule has 3 nitrogen and oxygen atoms in total. The third-order valence-electron chi connectivity index (χ3n) is 4.79. The number of nitrogens with zero attached hydrogens (tertiary/aromatic N) is 1. The van der Waals surface area contributed by atoms with E-state index in [1.165, 1.54) is 32.1 Å². The van der Waals surface area contributed by atoms with Gasteiger partial charge in [0.15, 0.2) is 0 Å². The van der Waals surface area contributed by atoms with E-state index in [4.69, 9.17) is 10.5 Å². The standard InChI is InChI=1S/C14H28N2O/c1-3-13-5-4-6-14(9-13,11-15)16-7-8-17-12(2)10-16/h12-13H,3-11,15H2,1-2H3. The van der Waals surface area contributed by atoms with Gasteiger partial charge >= 0.3 is 0 Å².